The maximum atomic E-state index is 12.0. The highest BCUT2D eigenvalue weighted by Crippen LogP contribution is 2.24. The molecule has 0 saturated carbocycles. The van der Waals surface area contributed by atoms with E-state index >= 15 is 0 Å². The molecule has 1 aliphatic carbocycles. The van der Waals surface area contributed by atoms with Crippen LogP contribution in [0.1, 0.15) is 30.0 Å². The standard InChI is InChI=1S/C22H23NO4/c1-2-26-20-11-6-16(7-12-20)8-13-22(25)27-15-21(24)23-19-10-9-17-4-3-5-18(17)14-19/h6-14H,2-5,15H2,1H3,(H,23,24). The number of anilines is 1. The molecule has 0 aromatic heterocycles. The fourth-order valence-corrected chi connectivity index (χ4v) is 3.04. The number of benzene rings is 2. The van der Waals surface area contributed by atoms with Crippen LogP contribution >= 0.6 is 0 Å². The third kappa shape index (κ3) is 5.45. The zero-order valence-electron chi connectivity index (χ0n) is 15.4. The molecular formula is C22H23NO4. The molecule has 0 fully saturated rings. The molecule has 5 heteroatoms. The van der Waals surface area contributed by atoms with Crippen LogP contribution in [0.15, 0.2) is 48.5 Å². The maximum absolute atomic E-state index is 12.0. The van der Waals surface area contributed by atoms with Gasteiger partial charge in [0, 0.05) is 11.8 Å². The molecule has 0 atom stereocenters. The van der Waals surface area contributed by atoms with Crippen molar-refractivity contribution in [2.75, 3.05) is 18.5 Å². The molecule has 0 aliphatic heterocycles. The molecule has 0 heterocycles. The lowest BCUT2D eigenvalue weighted by atomic mass is 10.1. The van der Waals surface area contributed by atoms with Gasteiger partial charge in [-0.15, -0.1) is 0 Å². The smallest absolute Gasteiger partial charge is 0.331 e. The molecular weight excluding hydrogens is 342 g/mol. The number of hydrogen-bond donors (Lipinski definition) is 1. The van der Waals surface area contributed by atoms with E-state index in [0.29, 0.717) is 6.61 Å². The summed E-state index contributed by atoms with van der Waals surface area (Å²) >= 11 is 0. The minimum absolute atomic E-state index is 0.316. The van der Waals surface area contributed by atoms with Crippen LogP contribution in [0, 0.1) is 0 Å². The van der Waals surface area contributed by atoms with Gasteiger partial charge in [0.2, 0.25) is 0 Å². The number of rotatable bonds is 7. The number of carbonyl (C=O) groups excluding carboxylic acids is 2. The van der Waals surface area contributed by atoms with Gasteiger partial charge in [0.25, 0.3) is 5.91 Å². The molecule has 27 heavy (non-hydrogen) atoms. The van der Waals surface area contributed by atoms with Crippen molar-refractivity contribution in [1.29, 1.82) is 0 Å². The number of fused-ring (bicyclic) bond motifs is 1. The van der Waals surface area contributed by atoms with Crippen molar-refractivity contribution >= 4 is 23.6 Å². The first kappa shape index (κ1) is 18.7. The minimum atomic E-state index is -0.562. The van der Waals surface area contributed by atoms with Crippen molar-refractivity contribution in [3.8, 4) is 5.75 Å². The monoisotopic (exact) mass is 365 g/mol. The van der Waals surface area contributed by atoms with Crippen molar-refractivity contribution in [1.82, 2.24) is 0 Å². The van der Waals surface area contributed by atoms with E-state index in [0.717, 1.165) is 36.3 Å². The predicted octanol–water partition coefficient (Wildman–Crippen LogP) is 3.77. The number of nitrogens with one attached hydrogen (secondary N) is 1. The van der Waals surface area contributed by atoms with E-state index in [9.17, 15) is 9.59 Å². The van der Waals surface area contributed by atoms with E-state index in [2.05, 4.69) is 5.32 Å². The highest BCUT2D eigenvalue weighted by molar-refractivity contribution is 5.94. The largest absolute Gasteiger partial charge is 0.494 e. The molecule has 0 bridgehead atoms. The number of esters is 1. The Morgan fingerprint density at radius 1 is 1.07 bits per heavy atom. The maximum Gasteiger partial charge on any atom is 0.331 e. The molecule has 1 aliphatic rings. The van der Waals surface area contributed by atoms with Crippen LogP contribution in [0.25, 0.3) is 6.08 Å². The summed E-state index contributed by atoms with van der Waals surface area (Å²) in [6.07, 6.45) is 6.24. The second-order valence-corrected chi connectivity index (χ2v) is 6.33. The Hall–Kier alpha value is -3.08. The van der Waals surface area contributed by atoms with Crippen molar-refractivity contribution in [3.05, 3.63) is 65.2 Å². The summed E-state index contributed by atoms with van der Waals surface area (Å²) in [5, 5.41) is 2.76. The number of ether oxygens (including phenoxy) is 2. The summed E-state index contributed by atoms with van der Waals surface area (Å²) in [5.74, 6) is -0.135. The van der Waals surface area contributed by atoms with Crippen LogP contribution in [0.3, 0.4) is 0 Å². The Kier molecular flexibility index (Phi) is 6.26. The SMILES string of the molecule is CCOc1ccc(C=CC(=O)OCC(=O)Nc2ccc3c(c2)CCC3)cc1. The molecule has 140 valence electrons. The fourth-order valence-electron chi connectivity index (χ4n) is 3.04. The normalized spacial score (nSPS) is 12.6. The van der Waals surface area contributed by atoms with Crippen LogP contribution in [0.4, 0.5) is 5.69 Å². The quantitative estimate of drug-likeness (QED) is 0.599. The van der Waals surface area contributed by atoms with E-state index in [4.69, 9.17) is 9.47 Å². The van der Waals surface area contributed by atoms with E-state index in [1.54, 1.807) is 6.08 Å². The lowest BCUT2D eigenvalue weighted by molar-refractivity contribution is -0.142. The number of aryl methyl sites for hydroxylation is 2. The molecule has 0 spiro atoms. The van der Waals surface area contributed by atoms with Crippen molar-refractivity contribution in [2.24, 2.45) is 0 Å². The zero-order chi connectivity index (χ0) is 19.1. The van der Waals surface area contributed by atoms with Gasteiger partial charge in [0.05, 0.1) is 6.61 Å². The Morgan fingerprint density at radius 3 is 2.63 bits per heavy atom. The summed E-state index contributed by atoms with van der Waals surface area (Å²) < 4.78 is 10.4. The first-order valence-corrected chi connectivity index (χ1v) is 9.13. The molecule has 0 radical (unpaired) electrons. The van der Waals surface area contributed by atoms with Gasteiger partial charge in [-0.3, -0.25) is 4.79 Å². The first-order chi connectivity index (χ1) is 13.1. The molecule has 5 nitrogen and oxygen atoms in total. The molecule has 1 amide bonds. The number of carbonyl (C=O) groups is 2. The lowest BCUT2D eigenvalue weighted by Gasteiger charge is -2.07. The van der Waals surface area contributed by atoms with Crippen molar-refractivity contribution in [2.45, 2.75) is 26.2 Å². The van der Waals surface area contributed by atoms with Gasteiger partial charge in [-0.1, -0.05) is 18.2 Å². The minimum Gasteiger partial charge on any atom is -0.494 e. The third-order valence-corrected chi connectivity index (χ3v) is 4.33. The van der Waals surface area contributed by atoms with E-state index in [1.807, 2.05) is 49.4 Å². The Bertz CT molecular complexity index is 840. The Morgan fingerprint density at radius 2 is 1.85 bits per heavy atom. The van der Waals surface area contributed by atoms with Crippen molar-refractivity contribution < 1.29 is 19.1 Å². The van der Waals surface area contributed by atoms with E-state index < -0.39 is 5.97 Å². The summed E-state index contributed by atoms with van der Waals surface area (Å²) in [6.45, 7) is 2.21. The van der Waals surface area contributed by atoms with E-state index in [1.165, 1.54) is 17.2 Å². The van der Waals surface area contributed by atoms with E-state index in [-0.39, 0.29) is 12.5 Å². The predicted molar refractivity (Wildman–Crippen MR) is 105 cm³/mol. The topological polar surface area (TPSA) is 64.6 Å². The molecule has 3 rings (SSSR count). The molecule has 0 unspecified atom stereocenters. The summed E-state index contributed by atoms with van der Waals surface area (Å²) in [4.78, 5) is 23.7. The summed E-state index contributed by atoms with van der Waals surface area (Å²) in [5.41, 5.74) is 4.21. The van der Waals surface area contributed by atoms with Gasteiger partial charge in [-0.2, -0.15) is 0 Å². The molecule has 0 saturated heterocycles. The Labute approximate surface area is 159 Å². The highest BCUT2D eigenvalue weighted by Gasteiger charge is 2.12. The lowest BCUT2D eigenvalue weighted by Crippen LogP contribution is -2.20. The van der Waals surface area contributed by atoms with Crippen LogP contribution in [0.2, 0.25) is 0 Å². The molecule has 1 N–H and O–H groups in total. The third-order valence-electron chi connectivity index (χ3n) is 4.33. The highest BCUT2D eigenvalue weighted by atomic mass is 16.5. The van der Waals surface area contributed by atoms with Gasteiger partial charge >= 0.3 is 5.97 Å². The average Bonchev–Trinajstić information content (AvgIpc) is 3.14. The van der Waals surface area contributed by atoms with Crippen LogP contribution in [-0.4, -0.2) is 25.1 Å². The average molecular weight is 365 g/mol. The zero-order valence-corrected chi connectivity index (χ0v) is 15.4. The molecule has 2 aromatic rings. The van der Waals surface area contributed by atoms with Crippen molar-refractivity contribution in [3.63, 3.8) is 0 Å². The fraction of sp³-hybridized carbons (Fsp3) is 0.273. The van der Waals surface area contributed by atoms with Gasteiger partial charge in [0.1, 0.15) is 5.75 Å². The van der Waals surface area contributed by atoms with Crippen LogP contribution in [0.5, 0.6) is 5.75 Å². The second-order valence-electron chi connectivity index (χ2n) is 6.33. The van der Waals surface area contributed by atoms with Crippen LogP contribution < -0.4 is 10.1 Å². The first-order valence-electron chi connectivity index (χ1n) is 9.13. The van der Waals surface area contributed by atoms with Crippen LogP contribution in [-0.2, 0) is 27.2 Å². The van der Waals surface area contributed by atoms with Gasteiger partial charge in [0.15, 0.2) is 6.61 Å². The van der Waals surface area contributed by atoms with Gasteiger partial charge in [-0.05, 0) is 73.2 Å². The summed E-state index contributed by atoms with van der Waals surface area (Å²) in [6, 6.07) is 13.3. The summed E-state index contributed by atoms with van der Waals surface area (Å²) in [7, 11) is 0. The number of amides is 1. The number of hydrogen-bond acceptors (Lipinski definition) is 4. The van der Waals surface area contributed by atoms with Gasteiger partial charge < -0.3 is 14.8 Å². The van der Waals surface area contributed by atoms with Gasteiger partial charge in [-0.25, -0.2) is 4.79 Å². The molecule has 2 aromatic carbocycles. The second kappa shape index (κ2) is 9.03. The Balaban J connectivity index is 1.44.